The van der Waals surface area contributed by atoms with Crippen molar-refractivity contribution in [2.24, 2.45) is 5.92 Å². The summed E-state index contributed by atoms with van der Waals surface area (Å²) in [6.07, 6.45) is 2.57. The van der Waals surface area contributed by atoms with Gasteiger partial charge in [0.1, 0.15) is 12.3 Å². The number of imidazole rings is 1. The van der Waals surface area contributed by atoms with Crippen LogP contribution in [-0.2, 0) is 16.1 Å². The van der Waals surface area contributed by atoms with Crippen LogP contribution in [0.25, 0.3) is 11.1 Å². The summed E-state index contributed by atoms with van der Waals surface area (Å²) in [6.45, 7) is 2.97. The molecule has 1 aliphatic carbocycles. The molecular weight excluding hydrogens is 448 g/mol. The van der Waals surface area contributed by atoms with Gasteiger partial charge in [0.05, 0.1) is 6.33 Å². The maximum absolute atomic E-state index is 12.3. The lowest BCUT2D eigenvalue weighted by molar-refractivity contribution is -0.137. The van der Waals surface area contributed by atoms with Crippen molar-refractivity contribution in [2.45, 2.75) is 25.8 Å². The van der Waals surface area contributed by atoms with Gasteiger partial charge in [-0.2, -0.15) is 0 Å². The van der Waals surface area contributed by atoms with E-state index in [0.29, 0.717) is 13.1 Å². The highest BCUT2D eigenvalue weighted by molar-refractivity contribution is 5.92. The van der Waals surface area contributed by atoms with Crippen LogP contribution in [-0.4, -0.2) is 52.3 Å². The van der Waals surface area contributed by atoms with Crippen LogP contribution in [0.5, 0.6) is 0 Å². The maximum Gasteiger partial charge on any atom is 0.407 e. The van der Waals surface area contributed by atoms with Gasteiger partial charge in [0, 0.05) is 38.2 Å². The van der Waals surface area contributed by atoms with Gasteiger partial charge in [-0.15, -0.1) is 0 Å². The summed E-state index contributed by atoms with van der Waals surface area (Å²) < 4.78 is 7.22. The first-order valence-corrected chi connectivity index (χ1v) is 11.5. The average molecular weight is 477 g/mol. The van der Waals surface area contributed by atoms with Crippen LogP contribution in [0.1, 0.15) is 40.9 Å². The van der Waals surface area contributed by atoms with E-state index in [4.69, 9.17) is 9.84 Å². The van der Waals surface area contributed by atoms with Crippen LogP contribution >= 0.6 is 0 Å². The Morgan fingerprint density at radius 3 is 2.37 bits per heavy atom. The van der Waals surface area contributed by atoms with Crippen molar-refractivity contribution in [3.05, 3.63) is 77.9 Å². The van der Waals surface area contributed by atoms with E-state index in [1.54, 1.807) is 17.7 Å². The number of benzene rings is 2. The van der Waals surface area contributed by atoms with E-state index in [0.717, 1.165) is 11.1 Å². The molecule has 3 N–H and O–H groups in total. The minimum absolute atomic E-state index is 0.00101. The number of alkyl carbamates (subject to hydrolysis) is 1. The van der Waals surface area contributed by atoms with Crippen molar-refractivity contribution in [1.29, 1.82) is 0 Å². The molecule has 0 saturated heterocycles. The van der Waals surface area contributed by atoms with E-state index >= 15 is 0 Å². The molecule has 2 amide bonds. The molecule has 1 unspecified atom stereocenters. The summed E-state index contributed by atoms with van der Waals surface area (Å²) in [5, 5.41) is 14.2. The second-order valence-corrected chi connectivity index (χ2v) is 8.66. The lowest BCUT2D eigenvalue weighted by atomic mass is 9.98. The highest BCUT2D eigenvalue weighted by Gasteiger charge is 2.28. The molecule has 1 heterocycles. The number of hydrogen-bond donors (Lipinski definition) is 3. The highest BCUT2D eigenvalue weighted by Crippen LogP contribution is 2.44. The standard InChI is InChI=1S/C26H28N4O5/c1-17(12-24(31)32)13-28-25(33)23-14-30(16-29-23)11-10-27-26(34)35-15-22-20-8-4-2-6-18(20)19-7-3-5-9-21(19)22/h2-9,14,16-17,22H,10-13,15H2,1H3,(H,27,34)(H,28,33)(H,31,32). The molecule has 3 aromatic rings. The second-order valence-electron chi connectivity index (χ2n) is 8.66. The van der Waals surface area contributed by atoms with E-state index < -0.39 is 12.1 Å². The molecule has 1 atom stereocenters. The largest absolute Gasteiger partial charge is 0.481 e. The fraction of sp³-hybridized carbons (Fsp3) is 0.308. The Labute approximate surface area is 203 Å². The molecule has 1 aromatic heterocycles. The molecular formula is C26H28N4O5. The van der Waals surface area contributed by atoms with E-state index in [1.165, 1.54) is 17.5 Å². The van der Waals surface area contributed by atoms with Crippen LogP contribution in [0.2, 0.25) is 0 Å². The molecule has 9 heteroatoms. The predicted octanol–water partition coefficient (Wildman–Crippen LogP) is 3.26. The van der Waals surface area contributed by atoms with Gasteiger partial charge < -0.3 is 25.0 Å². The Bertz CT molecular complexity index is 1180. The van der Waals surface area contributed by atoms with E-state index in [-0.39, 0.29) is 43.0 Å². The number of carbonyl (C=O) groups excluding carboxylic acids is 2. The molecule has 4 rings (SSSR count). The van der Waals surface area contributed by atoms with E-state index in [2.05, 4.69) is 39.9 Å². The molecule has 1 aliphatic rings. The smallest absolute Gasteiger partial charge is 0.407 e. The second kappa shape index (κ2) is 10.9. The van der Waals surface area contributed by atoms with Crippen molar-refractivity contribution >= 4 is 18.0 Å². The molecule has 0 spiro atoms. The summed E-state index contributed by atoms with van der Waals surface area (Å²) in [5.74, 6) is -1.45. The lowest BCUT2D eigenvalue weighted by Gasteiger charge is -2.14. The first-order chi connectivity index (χ1) is 16.9. The minimum atomic E-state index is -0.903. The van der Waals surface area contributed by atoms with Gasteiger partial charge in [0.2, 0.25) is 0 Å². The summed E-state index contributed by atoms with van der Waals surface area (Å²) in [7, 11) is 0. The highest BCUT2D eigenvalue weighted by atomic mass is 16.5. The maximum atomic E-state index is 12.3. The topological polar surface area (TPSA) is 123 Å². The Morgan fingerprint density at radius 1 is 1.06 bits per heavy atom. The SMILES string of the molecule is CC(CNC(=O)c1cn(CCNC(=O)OCC2c3ccccc3-c3ccccc32)cn1)CC(=O)O. The van der Waals surface area contributed by atoms with Gasteiger partial charge in [-0.05, 0) is 28.2 Å². The molecule has 9 nitrogen and oxygen atoms in total. The van der Waals surface area contributed by atoms with Crippen LogP contribution < -0.4 is 10.6 Å². The summed E-state index contributed by atoms with van der Waals surface area (Å²) in [4.78, 5) is 39.3. The van der Waals surface area contributed by atoms with Gasteiger partial charge in [0.15, 0.2) is 0 Å². The Kier molecular flexibility index (Phi) is 7.45. The number of nitrogens with zero attached hydrogens (tertiary/aromatic N) is 2. The number of ether oxygens (including phenoxy) is 1. The van der Waals surface area contributed by atoms with Crippen molar-refractivity contribution in [2.75, 3.05) is 19.7 Å². The van der Waals surface area contributed by atoms with Gasteiger partial charge >= 0.3 is 12.1 Å². The Hall–Kier alpha value is -4.14. The number of aromatic nitrogens is 2. The van der Waals surface area contributed by atoms with Gasteiger partial charge in [0.25, 0.3) is 5.91 Å². The minimum Gasteiger partial charge on any atom is -0.481 e. The summed E-state index contributed by atoms with van der Waals surface area (Å²) >= 11 is 0. The van der Waals surface area contributed by atoms with Crippen molar-refractivity contribution < 1.29 is 24.2 Å². The number of carbonyl (C=O) groups is 3. The van der Waals surface area contributed by atoms with E-state index in [9.17, 15) is 14.4 Å². The number of carboxylic acids is 1. The third-order valence-corrected chi connectivity index (χ3v) is 5.98. The molecule has 182 valence electrons. The average Bonchev–Trinajstić information content (AvgIpc) is 3.44. The molecule has 35 heavy (non-hydrogen) atoms. The van der Waals surface area contributed by atoms with Gasteiger partial charge in [-0.3, -0.25) is 9.59 Å². The van der Waals surface area contributed by atoms with Crippen molar-refractivity contribution in [1.82, 2.24) is 20.2 Å². The Morgan fingerprint density at radius 2 is 1.71 bits per heavy atom. The van der Waals surface area contributed by atoms with Gasteiger partial charge in [-0.25, -0.2) is 9.78 Å². The number of aliphatic carboxylic acids is 1. The molecule has 0 saturated carbocycles. The fourth-order valence-corrected chi connectivity index (χ4v) is 4.26. The Balaban J connectivity index is 1.22. The zero-order valence-corrected chi connectivity index (χ0v) is 19.4. The zero-order chi connectivity index (χ0) is 24.8. The molecule has 0 aliphatic heterocycles. The number of nitrogens with one attached hydrogen (secondary N) is 2. The molecule has 0 bridgehead atoms. The summed E-state index contributed by atoms with van der Waals surface area (Å²) in [6, 6.07) is 16.3. The third kappa shape index (κ3) is 5.87. The first-order valence-electron chi connectivity index (χ1n) is 11.5. The fourth-order valence-electron chi connectivity index (χ4n) is 4.26. The van der Waals surface area contributed by atoms with E-state index in [1.807, 2.05) is 24.3 Å². The van der Waals surface area contributed by atoms with Crippen molar-refractivity contribution in [3.8, 4) is 11.1 Å². The van der Waals surface area contributed by atoms with Gasteiger partial charge in [-0.1, -0.05) is 55.5 Å². The molecule has 0 fully saturated rings. The van der Waals surface area contributed by atoms with Crippen LogP contribution in [0.4, 0.5) is 4.79 Å². The summed E-state index contributed by atoms with van der Waals surface area (Å²) in [5.41, 5.74) is 4.89. The molecule has 0 radical (unpaired) electrons. The van der Waals surface area contributed by atoms with Crippen LogP contribution in [0.15, 0.2) is 61.1 Å². The zero-order valence-electron chi connectivity index (χ0n) is 19.4. The molecule has 2 aromatic carbocycles. The van der Waals surface area contributed by atoms with Crippen molar-refractivity contribution in [3.63, 3.8) is 0 Å². The number of hydrogen-bond acceptors (Lipinski definition) is 5. The number of amides is 2. The first kappa shape index (κ1) is 24.0. The number of carboxylic acid groups (broad SMARTS) is 1. The third-order valence-electron chi connectivity index (χ3n) is 5.98. The number of rotatable bonds is 10. The predicted molar refractivity (Wildman–Crippen MR) is 129 cm³/mol. The monoisotopic (exact) mass is 476 g/mol. The van der Waals surface area contributed by atoms with Crippen LogP contribution in [0, 0.1) is 5.92 Å². The lowest BCUT2D eigenvalue weighted by Crippen LogP contribution is -2.29. The normalized spacial score (nSPS) is 12.9. The van der Waals surface area contributed by atoms with Crippen LogP contribution in [0.3, 0.4) is 0 Å². The quantitative estimate of drug-likeness (QED) is 0.413. The number of fused-ring (bicyclic) bond motifs is 3.